The van der Waals surface area contributed by atoms with Crippen LogP contribution in [0.2, 0.25) is 0 Å². The Hall–Kier alpha value is -1.39. The van der Waals surface area contributed by atoms with Gasteiger partial charge < -0.3 is 5.11 Å². The number of aliphatic carboxylic acids is 1. The first-order valence-corrected chi connectivity index (χ1v) is 4.27. The molecule has 0 spiro atoms. The summed E-state index contributed by atoms with van der Waals surface area (Å²) in [6.45, 7) is 0. The molecule has 1 N–H and O–H groups in total. The number of aromatic nitrogens is 3. The summed E-state index contributed by atoms with van der Waals surface area (Å²) < 4.78 is 1.65. The number of hydrogen-bond donors (Lipinski definition) is 1. The number of hydrogen-bond acceptors (Lipinski definition) is 3. The summed E-state index contributed by atoms with van der Waals surface area (Å²) in [5.41, 5.74) is 0.929. The molecule has 0 aromatic carbocycles. The molecule has 1 fully saturated rings. The Kier molecular flexibility index (Phi) is 1.79. The molecule has 5 nitrogen and oxygen atoms in total. The Morgan fingerprint density at radius 2 is 2.46 bits per heavy atom. The van der Waals surface area contributed by atoms with E-state index in [0.717, 1.165) is 18.5 Å². The van der Waals surface area contributed by atoms with Gasteiger partial charge in [-0.05, 0) is 12.8 Å². The molecule has 2 unspecified atom stereocenters. The van der Waals surface area contributed by atoms with E-state index in [4.69, 9.17) is 5.11 Å². The average molecular weight is 181 g/mol. The van der Waals surface area contributed by atoms with Crippen molar-refractivity contribution < 1.29 is 9.90 Å². The van der Waals surface area contributed by atoms with Gasteiger partial charge in [0.2, 0.25) is 0 Å². The maximum absolute atomic E-state index is 10.7. The van der Waals surface area contributed by atoms with Crippen LogP contribution < -0.4 is 0 Å². The minimum Gasteiger partial charge on any atom is -0.481 e. The summed E-state index contributed by atoms with van der Waals surface area (Å²) in [5.74, 6) is -0.841. The van der Waals surface area contributed by atoms with Crippen molar-refractivity contribution in [3.05, 3.63) is 11.9 Å². The Morgan fingerprint density at radius 1 is 1.69 bits per heavy atom. The summed E-state index contributed by atoms with van der Waals surface area (Å²) in [4.78, 5) is 10.7. The molecule has 0 aliphatic heterocycles. The second-order valence-corrected chi connectivity index (χ2v) is 3.41. The highest BCUT2D eigenvalue weighted by Gasteiger charge is 2.39. The maximum Gasteiger partial charge on any atom is 0.307 e. The average Bonchev–Trinajstić information content (AvgIpc) is 2.33. The van der Waals surface area contributed by atoms with E-state index in [1.54, 1.807) is 17.9 Å². The smallest absolute Gasteiger partial charge is 0.307 e. The van der Waals surface area contributed by atoms with E-state index in [-0.39, 0.29) is 11.8 Å². The zero-order chi connectivity index (χ0) is 9.42. The molecule has 1 aromatic heterocycles. The Balaban J connectivity index is 2.19. The summed E-state index contributed by atoms with van der Waals surface area (Å²) in [6.07, 6.45) is 3.35. The van der Waals surface area contributed by atoms with E-state index in [9.17, 15) is 4.79 Å². The monoisotopic (exact) mass is 181 g/mol. The van der Waals surface area contributed by atoms with Gasteiger partial charge in [0.15, 0.2) is 0 Å². The largest absolute Gasteiger partial charge is 0.481 e. The fourth-order valence-electron chi connectivity index (χ4n) is 1.78. The van der Waals surface area contributed by atoms with Crippen molar-refractivity contribution in [3.8, 4) is 0 Å². The second kappa shape index (κ2) is 2.83. The van der Waals surface area contributed by atoms with Crippen LogP contribution in [0.3, 0.4) is 0 Å². The first-order valence-electron chi connectivity index (χ1n) is 4.27. The molecule has 1 heterocycles. The molecule has 1 aliphatic rings. The van der Waals surface area contributed by atoms with Crippen molar-refractivity contribution in [2.24, 2.45) is 13.0 Å². The molecule has 1 aromatic rings. The molecule has 5 heteroatoms. The van der Waals surface area contributed by atoms with Crippen molar-refractivity contribution in [1.29, 1.82) is 0 Å². The van der Waals surface area contributed by atoms with Crippen LogP contribution in [-0.4, -0.2) is 26.1 Å². The molecule has 1 saturated carbocycles. The zero-order valence-electron chi connectivity index (χ0n) is 7.34. The molecule has 0 radical (unpaired) electrons. The lowest BCUT2D eigenvalue weighted by Crippen LogP contribution is -2.32. The fraction of sp³-hybridized carbons (Fsp3) is 0.625. The van der Waals surface area contributed by atoms with Gasteiger partial charge in [0.1, 0.15) is 0 Å². The van der Waals surface area contributed by atoms with Crippen LogP contribution in [0, 0.1) is 5.92 Å². The van der Waals surface area contributed by atoms with Crippen molar-refractivity contribution in [3.63, 3.8) is 0 Å². The van der Waals surface area contributed by atoms with Crippen LogP contribution >= 0.6 is 0 Å². The van der Waals surface area contributed by atoms with E-state index in [2.05, 4.69) is 10.3 Å². The number of carbonyl (C=O) groups is 1. The van der Waals surface area contributed by atoms with Crippen LogP contribution in [-0.2, 0) is 11.8 Å². The van der Waals surface area contributed by atoms with Crippen LogP contribution in [0.4, 0.5) is 0 Å². The predicted octanol–water partition coefficient (Wildman–Crippen LogP) is 0.393. The Labute approximate surface area is 75.4 Å². The van der Waals surface area contributed by atoms with E-state index < -0.39 is 5.97 Å². The van der Waals surface area contributed by atoms with Crippen LogP contribution in [0.15, 0.2) is 6.20 Å². The molecule has 2 rings (SSSR count). The maximum atomic E-state index is 10.7. The summed E-state index contributed by atoms with van der Waals surface area (Å²) in [6, 6.07) is 0. The number of rotatable bonds is 2. The van der Waals surface area contributed by atoms with E-state index in [1.807, 2.05) is 0 Å². The first kappa shape index (κ1) is 8.22. The zero-order valence-corrected chi connectivity index (χ0v) is 7.34. The number of nitrogens with zero attached hydrogens (tertiary/aromatic N) is 3. The molecule has 2 atom stereocenters. The van der Waals surface area contributed by atoms with E-state index in [1.165, 1.54) is 0 Å². The Bertz CT molecular complexity index is 334. The summed E-state index contributed by atoms with van der Waals surface area (Å²) in [5, 5.41) is 16.4. The third-order valence-electron chi connectivity index (χ3n) is 2.72. The standard InChI is InChI=1S/C8H11N3O2/c1-11-7(4-9-10-11)5-2-3-6(5)8(12)13/h4-6H,2-3H2,1H3,(H,12,13). The van der Waals surface area contributed by atoms with Crippen LogP contribution in [0.5, 0.6) is 0 Å². The third-order valence-corrected chi connectivity index (χ3v) is 2.72. The lowest BCUT2D eigenvalue weighted by molar-refractivity contribution is -0.145. The fourth-order valence-corrected chi connectivity index (χ4v) is 1.78. The molecule has 0 saturated heterocycles. The Morgan fingerprint density at radius 3 is 2.85 bits per heavy atom. The van der Waals surface area contributed by atoms with Crippen molar-refractivity contribution >= 4 is 5.97 Å². The highest BCUT2D eigenvalue weighted by atomic mass is 16.4. The van der Waals surface area contributed by atoms with Gasteiger partial charge in [-0.1, -0.05) is 5.21 Å². The van der Waals surface area contributed by atoms with Gasteiger partial charge in [-0.2, -0.15) is 0 Å². The van der Waals surface area contributed by atoms with Gasteiger partial charge in [0.25, 0.3) is 0 Å². The van der Waals surface area contributed by atoms with Crippen molar-refractivity contribution in [2.45, 2.75) is 18.8 Å². The third kappa shape index (κ3) is 1.20. The number of carboxylic acid groups (broad SMARTS) is 1. The number of carboxylic acids is 1. The normalized spacial score (nSPS) is 26.8. The molecular formula is C8H11N3O2. The lowest BCUT2D eigenvalue weighted by Gasteiger charge is -2.32. The highest BCUT2D eigenvalue weighted by Crippen LogP contribution is 2.41. The van der Waals surface area contributed by atoms with E-state index in [0.29, 0.717) is 0 Å². The topological polar surface area (TPSA) is 68.0 Å². The molecule has 0 amide bonds. The van der Waals surface area contributed by atoms with Crippen molar-refractivity contribution in [2.75, 3.05) is 0 Å². The van der Waals surface area contributed by atoms with E-state index >= 15 is 0 Å². The second-order valence-electron chi connectivity index (χ2n) is 3.41. The van der Waals surface area contributed by atoms with Gasteiger partial charge >= 0.3 is 5.97 Å². The summed E-state index contributed by atoms with van der Waals surface area (Å²) >= 11 is 0. The highest BCUT2D eigenvalue weighted by molar-refractivity contribution is 5.72. The van der Waals surface area contributed by atoms with Gasteiger partial charge in [0, 0.05) is 13.0 Å². The van der Waals surface area contributed by atoms with Gasteiger partial charge in [-0.3, -0.25) is 9.48 Å². The minimum atomic E-state index is -0.711. The molecule has 1 aliphatic carbocycles. The van der Waals surface area contributed by atoms with Crippen molar-refractivity contribution in [1.82, 2.24) is 15.0 Å². The summed E-state index contributed by atoms with van der Waals surface area (Å²) in [7, 11) is 1.79. The lowest BCUT2D eigenvalue weighted by atomic mass is 9.72. The van der Waals surface area contributed by atoms with Crippen LogP contribution in [0.1, 0.15) is 24.5 Å². The van der Waals surface area contributed by atoms with Gasteiger partial charge in [-0.25, -0.2) is 0 Å². The van der Waals surface area contributed by atoms with Gasteiger partial charge in [0.05, 0.1) is 17.8 Å². The molecule has 0 bridgehead atoms. The molecule has 70 valence electrons. The molecule has 13 heavy (non-hydrogen) atoms. The number of aryl methyl sites for hydroxylation is 1. The predicted molar refractivity (Wildman–Crippen MR) is 44.1 cm³/mol. The van der Waals surface area contributed by atoms with Crippen LogP contribution in [0.25, 0.3) is 0 Å². The van der Waals surface area contributed by atoms with Gasteiger partial charge in [-0.15, -0.1) is 5.10 Å². The SMILES string of the molecule is Cn1nncc1C1CCC1C(=O)O. The minimum absolute atomic E-state index is 0.109. The quantitative estimate of drug-likeness (QED) is 0.716. The molecular weight excluding hydrogens is 170 g/mol. The first-order chi connectivity index (χ1) is 6.20.